The summed E-state index contributed by atoms with van der Waals surface area (Å²) in [5.74, 6) is 0.476. The van der Waals surface area contributed by atoms with E-state index < -0.39 is 10.0 Å². The number of sulfonamides is 1. The number of ether oxygens (including phenoxy) is 1. The fraction of sp³-hybridized carbons (Fsp3) is 0.455. The number of methoxy groups -OCH3 is 1. The molecule has 11 heteroatoms. The minimum Gasteiger partial charge on any atom is -0.497 e. The van der Waals surface area contributed by atoms with Gasteiger partial charge in [-0.2, -0.15) is 4.31 Å². The van der Waals surface area contributed by atoms with Crippen molar-refractivity contribution in [3.8, 4) is 5.75 Å². The summed E-state index contributed by atoms with van der Waals surface area (Å²) < 4.78 is 32.0. The molecule has 0 atom stereocenters. The molecule has 0 bridgehead atoms. The predicted octanol–water partition coefficient (Wildman–Crippen LogP) is 3.67. The highest BCUT2D eigenvalue weighted by Gasteiger charge is 2.28. The highest BCUT2D eigenvalue weighted by Crippen LogP contribution is 2.29. The number of rotatable bonds is 8. The topological polar surface area (TPSA) is 108 Å². The largest absolute Gasteiger partial charge is 0.497 e. The Hall–Kier alpha value is -2.63. The van der Waals surface area contributed by atoms with Crippen LogP contribution in [0, 0.1) is 5.92 Å². The van der Waals surface area contributed by atoms with E-state index in [1.165, 1.54) is 10.4 Å². The van der Waals surface area contributed by atoms with Crippen LogP contribution in [0.5, 0.6) is 5.75 Å². The molecule has 0 aliphatic carbocycles. The van der Waals surface area contributed by atoms with Gasteiger partial charge in [-0.1, -0.05) is 13.8 Å². The minimum absolute atomic E-state index is 0.0651. The molecule has 2 aromatic rings. The monoisotopic (exact) mass is 494 g/mol. The molecule has 0 spiro atoms. The van der Waals surface area contributed by atoms with Crippen molar-refractivity contribution < 1.29 is 22.7 Å². The quantitative estimate of drug-likeness (QED) is 0.582. The number of thiophene rings is 1. The van der Waals surface area contributed by atoms with E-state index in [-0.39, 0.29) is 22.1 Å². The van der Waals surface area contributed by atoms with Gasteiger partial charge in [0.25, 0.3) is 10.0 Å². The summed E-state index contributed by atoms with van der Waals surface area (Å²) in [5, 5.41) is 6.17. The van der Waals surface area contributed by atoms with Crippen LogP contribution in [-0.4, -0.2) is 62.9 Å². The van der Waals surface area contributed by atoms with Gasteiger partial charge >= 0.3 is 6.03 Å². The number of carbonyl (C=O) groups excluding carboxylic acids is 2. The Balaban J connectivity index is 1.51. The number of nitrogens with one attached hydrogen (secondary N) is 2. The summed E-state index contributed by atoms with van der Waals surface area (Å²) in [4.78, 5) is 26.9. The van der Waals surface area contributed by atoms with Crippen LogP contribution in [0.3, 0.4) is 0 Å². The van der Waals surface area contributed by atoms with E-state index in [9.17, 15) is 18.0 Å². The molecule has 180 valence electrons. The SMILES string of the molecule is CCN(CC)S(=O)(=O)c1ccc(NC(=O)N2CCC(C(=O)Nc3ccc(OC)cc3)CC2)s1. The molecule has 2 N–H and O–H groups in total. The van der Waals surface area contributed by atoms with E-state index in [0.29, 0.717) is 49.7 Å². The molecule has 3 amide bonds. The van der Waals surface area contributed by atoms with Gasteiger partial charge in [-0.25, -0.2) is 13.2 Å². The first-order valence-electron chi connectivity index (χ1n) is 10.9. The molecule has 1 fully saturated rings. The summed E-state index contributed by atoms with van der Waals surface area (Å²) in [6, 6.07) is 9.97. The zero-order valence-corrected chi connectivity index (χ0v) is 20.7. The van der Waals surface area contributed by atoms with Crippen LogP contribution in [0.1, 0.15) is 26.7 Å². The molecule has 0 saturated carbocycles. The van der Waals surface area contributed by atoms with Gasteiger partial charge in [-0.3, -0.25) is 10.1 Å². The summed E-state index contributed by atoms with van der Waals surface area (Å²) >= 11 is 1.04. The summed E-state index contributed by atoms with van der Waals surface area (Å²) in [6.07, 6.45) is 1.11. The van der Waals surface area contributed by atoms with Crippen LogP contribution < -0.4 is 15.4 Å². The number of nitrogens with zero attached hydrogens (tertiary/aromatic N) is 2. The normalized spacial score (nSPS) is 14.8. The number of amides is 3. The van der Waals surface area contributed by atoms with E-state index in [0.717, 1.165) is 17.1 Å². The highest BCUT2D eigenvalue weighted by molar-refractivity contribution is 7.91. The van der Waals surface area contributed by atoms with Crippen molar-refractivity contribution >= 4 is 44.0 Å². The van der Waals surface area contributed by atoms with E-state index in [1.807, 2.05) is 0 Å². The zero-order valence-electron chi connectivity index (χ0n) is 19.0. The first-order valence-corrected chi connectivity index (χ1v) is 13.1. The Labute approximate surface area is 198 Å². The van der Waals surface area contributed by atoms with Crippen LogP contribution in [0.15, 0.2) is 40.6 Å². The molecule has 1 aliphatic heterocycles. The number of anilines is 2. The third-order valence-corrected chi connectivity index (χ3v) is 9.14. The average Bonchev–Trinajstić information content (AvgIpc) is 3.29. The highest BCUT2D eigenvalue weighted by atomic mass is 32.2. The summed E-state index contributed by atoms with van der Waals surface area (Å²) in [5.41, 5.74) is 0.703. The Morgan fingerprint density at radius 3 is 2.27 bits per heavy atom. The van der Waals surface area contributed by atoms with E-state index in [2.05, 4.69) is 10.6 Å². The third-order valence-electron chi connectivity index (χ3n) is 5.62. The van der Waals surface area contributed by atoms with Crippen LogP contribution in [0.4, 0.5) is 15.5 Å². The van der Waals surface area contributed by atoms with Crippen molar-refractivity contribution in [2.24, 2.45) is 5.92 Å². The maximum absolute atomic E-state index is 12.6. The summed E-state index contributed by atoms with van der Waals surface area (Å²) in [7, 11) is -1.97. The molecule has 1 aromatic heterocycles. The second kappa shape index (κ2) is 11.0. The third kappa shape index (κ3) is 6.04. The number of likely N-dealkylation sites (tertiary alicyclic amines) is 1. The number of urea groups is 1. The average molecular weight is 495 g/mol. The second-order valence-corrected chi connectivity index (χ2v) is 10.9. The Bertz CT molecular complexity index is 1060. The first-order chi connectivity index (χ1) is 15.8. The molecule has 0 unspecified atom stereocenters. The number of piperidine rings is 1. The minimum atomic E-state index is -3.55. The van der Waals surface area contributed by atoms with Gasteiger partial charge in [0.1, 0.15) is 9.96 Å². The van der Waals surface area contributed by atoms with Crippen molar-refractivity contribution in [1.82, 2.24) is 9.21 Å². The second-order valence-electron chi connectivity index (χ2n) is 7.62. The maximum atomic E-state index is 12.6. The maximum Gasteiger partial charge on any atom is 0.322 e. The zero-order chi connectivity index (χ0) is 24.0. The van der Waals surface area contributed by atoms with Crippen LogP contribution >= 0.6 is 11.3 Å². The molecular formula is C22H30N4O5S2. The van der Waals surface area contributed by atoms with Gasteiger partial charge in [0.05, 0.1) is 12.1 Å². The fourth-order valence-corrected chi connectivity index (χ4v) is 6.47. The van der Waals surface area contributed by atoms with Crippen LogP contribution in [0.25, 0.3) is 0 Å². The molecule has 9 nitrogen and oxygen atoms in total. The van der Waals surface area contributed by atoms with Crippen LogP contribution in [0.2, 0.25) is 0 Å². The first kappa shape index (κ1) is 25.0. The van der Waals surface area contributed by atoms with Crippen molar-refractivity contribution in [2.75, 3.05) is 43.9 Å². The lowest BCUT2D eigenvalue weighted by molar-refractivity contribution is -0.121. The standard InChI is InChI=1S/C22H30N4O5S2/c1-4-26(5-2)33(29,30)20-11-10-19(32-20)24-22(28)25-14-12-16(13-15-25)21(27)23-17-6-8-18(31-3)9-7-17/h6-11,16H,4-5,12-15H2,1-3H3,(H,23,27)(H,24,28). The van der Waals surface area contributed by atoms with Crippen molar-refractivity contribution in [3.63, 3.8) is 0 Å². The van der Waals surface area contributed by atoms with E-state index in [4.69, 9.17) is 4.74 Å². The number of hydrogen-bond acceptors (Lipinski definition) is 6. The molecule has 1 aromatic carbocycles. The summed E-state index contributed by atoms with van der Waals surface area (Å²) in [6.45, 7) is 5.25. The van der Waals surface area contributed by atoms with Crippen molar-refractivity contribution in [1.29, 1.82) is 0 Å². The molecule has 2 heterocycles. The van der Waals surface area contributed by atoms with Crippen LogP contribution in [-0.2, 0) is 14.8 Å². The number of carbonyl (C=O) groups is 2. The van der Waals surface area contributed by atoms with E-state index in [1.54, 1.807) is 56.2 Å². The lowest BCUT2D eigenvalue weighted by atomic mass is 9.96. The number of benzene rings is 1. The fourth-order valence-electron chi connectivity index (χ4n) is 3.66. The van der Waals surface area contributed by atoms with E-state index >= 15 is 0 Å². The molecule has 3 rings (SSSR count). The van der Waals surface area contributed by atoms with Gasteiger partial charge in [0, 0.05) is 37.8 Å². The van der Waals surface area contributed by atoms with Gasteiger partial charge in [-0.15, -0.1) is 11.3 Å². The van der Waals surface area contributed by atoms with Crippen molar-refractivity contribution in [2.45, 2.75) is 30.9 Å². The van der Waals surface area contributed by atoms with Crippen molar-refractivity contribution in [3.05, 3.63) is 36.4 Å². The Morgan fingerprint density at radius 2 is 1.70 bits per heavy atom. The molecule has 0 radical (unpaired) electrons. The molecule has 1 aliphatic rings. The smallest absolute Gasteiger partial charge is 0.322 e. The Kier molecular flexibility index (Phi) is 8.33. The lowest BCUT2D eigenvalue weighted by Gasteiger charge is -2.31. The number of hydrogen-bond donors (Lipinski definition) is 2. The van der Waals surface area contributed by atoms with Gasteiger partial charge in [0.2, 0.25) is 5.91 Å². The predicted molar refractivity (Wildman–Crippen MR) is 129 cm³/mol. The molecule has 1 saturated heterocycles. The van der Waals surface area contributed by atoms with Gasteiger partial charge in [-0.05, 0) is 49.2 Å². The Morgan fingerprint density at radius 1 is 1.06 bits per heavy atom. The van der Waals surface area contributed by atoms with Gasteiger partial charge in [0.15, 0.2) is 0 Å². The molecular weight excluding hydrogens is 464 g/mol. The van der Waals surface area contributed by atoms with Gasteiger partial charge < -0.3 is 15.0 Å². The lowest BCUT2D eigenvalue weighted by Crippen LogP contribution is -2.43. The molecule has 33 heavy (non-hydrogen) atoms.